The predicted molar refractivity (Wildman–Crippen MR) is 80.1 cm³/mol. The first kappa shape index (κ1) is 16.4. The molecule has 1 N–H and O–H groups in total. The van der Waals surface area contributed by atoms with Crippen molar-refractivity contribution >= 4 is 17.2 Å². The Morgan fingerprint density at radius 2 is 2.23 bits per heavy atom. The predicted octanol–water partition coefficient (Wildman–Crippen LogP) is 2.72. The Labute approximate surface area is 131 Å². The van der Waals surface area contributed by atoms with Crippen molar-refractivity contribution in [3.63, 3.8) is 0 Å². The quantitative estimate of drug-likeness (QED) is 0.851. The second kappa shape index (κ2) is 7.84. The minimum absolute atomic E-state index is 0.149. The molecule has 118 valence electrons. The molecule has 0 fully saturated rings. The Balaban J connectivity index is 1.71. The highest BCUT2D eigenvalue weighted by Crippen LogP contribution is 2.17. The fourth-order valence-corrected chi connectivity index (χ4v) is 2.58. The van der Waals surface area contributed by atoms with Gasteiger partial charge in [-0.05, 0) is 18.6 Å². The number of ether oxygens (including phenoxy) is 1. The Hall–Kier alpha value is -2.02. The highest BCUT2D eigenvalue weighted by Gasteiger charge is 2.08. The van der Waals surface area contributed by atoms with Crippen molar-refractivity contribution in [1.29, 1.82) is 0 Å². The van der Waals surface area contributed by atoms with Crippen LogP contribution in [0.1, 0.15) is 16.8 Å². The molecule has 1 heterocycles. The van der Waals surface area contributed by atoms with Crippen molar-refractivity contribution < 1.29 is 18.3 Å². The zero-order valence-corrected chi connectivity index (χ0v) is 12.9. The van der Waals surface area contributed by atoms with Gasteiger partial charge < -0.3 is 10.1 Å². The van der Waals surface area contributed by atoms with Gasteiger partial charge in [0.1, 0.15) is 5.82 Å². The number of carbonyl (C=O) groups is 1. The molecule has 0 spiro atoms. The molecule has 2 aromatic rings. The van der Waals surface area contributed by atoms with Gasteiger partial charge in [-0.3, -0.25) is 4.79 Å². The average molecular weight is 326 g/mol. The lowest BCUT2D eigenvalue weighted by Crippen LogP contribution is -2.30. The number of nitrogens with zero attached hydrogens (tertiary/aromatic N) is 1. The molecule has 1 amide bonds. The summed E-state index contributed by atoms with van der Waals surface area (Å²) in [6.07, 6.45) is 3.42. The van der Waals surface area contributed by atoms with E-state index in [1.165, 1.54) is 4.88 Å². The highest BCUT2D eigenvalue weighted by molar-refractivity contribution is 7.11. The van der Waals surface area contributed by atoms with Crippen molar-refractivity contribution in [1.82, 2.24) is 10.3 Å². The third kappa shape index (κ3) is 4.77. The SMILES string of the molecule is CCc1cnc(CCNC(=O)COc2ccc(F)cc2F)s1. The van der Waals surface area contributed by atoms with Crippen molar-refractivity contribution in [2.24, 2.45) is 0 Å². The third-order valence-electron chi connectivity index (χ3n) is 2.86. The molecule has 4 nitrogen and oxygen atoms in total. The van der Waals surface area contributed by atoms with Crippen LogP contribution in [-0.4, -0.2) is 24.0 Å². The van der Waals surface area contributed by atoms with Crippen LogP contribution in [0.2, 0.25) is 0 Å². The minimum atomic E-state index is -0.831. The Morgan fingerprint density at radius 1 is 1.41 bits per heavy atom. The van der Waals surface area contributed by atoms with Crippen molar-refractivity contribution in [3.05, 3.63) is 45.9 Å². The lowest BCUT2D eigenvalue weighted by atomic mass is 10.3. The lowest BCUT2D eigenvalue weighted by Gasteiger charge is -2.07. The summed E-state index contributed by atoms with van der Waals surface area (Å²) in [5.74, 6) is -2.04. The van der Waals surface area contributed by atoms with Gasteiger partial charge in [-0.15, -0.1) is 11.3 Å². The molecule has 0 aliphatic rings. The molecule has 0 aliphatic heterocycles. The summed E-state index contributed by atoms with van der Waals surface area (Å²) >= 11 is 1.62. The molecule has 0 radical (unpaired) electrons. The monoisotopic (exact) mass is 326 g/mol. The number of thiazole rings is 1. The number of benzene rings is 1. The summed E-state index contributed by atoms with van der Waals surface area (Å²) in [5.41, 5.74) is 0. The van der Waals surface area contributed by atoms with Gasteiger partial charge in [0.2, 0.25) is 0 Å². The number of aromatic nitrogens is 1. The highest BCUT2D eigenvalue weighted by atomic mass is 32.1. The van der Waals surface area contributed by atoms with E-state index >= 15 is 0 Å². The molecular weight excluding hydrogens is 310 g/mol. The number of aryl methyl sites for hydroxylation is 1. The van der Waals surface area contributed by atoms with Crippen LogP contribution in [0.4, 0.5) is 8.78 Å². The topological polar surface area (TPSA) is 51.2 Å². The standard InChI is InChI=1S/C15H16F2N2O2S/c1-2-11-8-19-15(22-11)5-6-18-14(20)9-21-13-4-3-10(16)7-12(13)17/h3-4,7-8H,2,5-6,9H2,1H3,(H,18,20). The maximum Gasteiger partial charge on any atom is 0.257 e. The van der Waals surface area contributed by atoms with Crippen molar-refractivity contribution in [2.45, 2.75) is 19.8 Å². The first-order valence-corrected chi connectivity index (χ1v) is 7.68. The molecule has 0 saturated carbocycles. The first-order valence-electron chi connectivity index (χ1n) is 6.86. The maximum atomic E-state index is 13.3. The number of amides is 1. The van der Waals surface area contributed by atoms with E-state index in [2.05, 4.69) is 17.2 Å². The van der Waals surface area contributed by atoms with Gasteiger partial charge in [-0.2, -0.15) is 0 Å². The lowest BCUT2D eigenvalue weighted by molar-refractivity contribution is -0.123. The van der Waals surface area contributed by atoms with Crippen LogP contribution in [0.25, 0.3) is 0 Å². The first-order chi connectivity index (χ1) is 10.6. The number of carbonyl (C=O) groups excluding carboxylic acids is 1. The Morgan fingerprint density at radius 3 is 2.91 bits per heavy atom. The van der Waals surface area contributed by atoms with Crippen LogP contribution in [0.3, 0.4) is 0 Å². The molecule has 0 aliphatic carbocycles. The van der Waals surface area contributed by atoms with Crippen molar-refractivity contribution in [3.8, 4) is 5.75 Å². The molecular formula is C15H16F2N2O2S. The summed E-state index contributed by atoms with van der Waals surface area (Å²) in [7, 11) is 0. The van der Waals surface area contributed by atoms with E-state index in [-0.39, 0.29) is 18.3 Å². The summed E-state index contributed by atoms with van der Waals surface area (Å²) in [4.78, 5) is 17.0. The van der Waals surface area contributed by atoms with Crippen molar-refractivity contribution in [2.75, 3.05) is 13.2 Å². The van der Waals surface area contributed by atoms with Gasteiger partial charge in [-0.1, -0.05) is 6.92 Å². The van der Waals surface area contributed by atoms with Gasteiger partial charge >= 0.3 is 0 Å². The number of rotatable bonds is 7. The fraction of sp³-hybridized carbons (Fsp3) is 0.333. The largest absolute Gasteiger partial charge is 0.481 e. The second-order valence-corrected chi connectivity index (χ2v) is 5.74. The minimum Gasteiger partial charge on any atom is -0.481 e. The smallest absolute Gasteiger partial charge is 0.257 e. The molecule has 0 bridgehead atoms. The zero-order chi connectivity index (χ0) is 15.9. The maximum absolute atomic E-state index is 13.3. The number of hydrogen-bond donors (Lipinski definition) is 1. The molecule has 0 unspecified atom stereocenters. The third-order valence-corrected chi connectivity index (χ3v) is 4.07. The van der Waals surface area contributed by atoms with Crippen LogP contribution < -0.4 is 10.1 Å². The number of hydrogen-bond acceptors (Lipinski definition) is 4. The van der Waals surface area contributed by atoms with Crippen LogP contribution in [0.5, 0.6) is 5.75 Å². The van der Waals surface area contributed by atoms with Gasteiger partial charge in [-0.25, -0.2) is 13.8 Å². The summed E-state index contributed by atoms with van der Waals surface area (Å²) in [6, 6.07) is 2.94. The molecule has 0 atom stereocenters. The zero-order valence-electron chi connectivity index (χ0n) is 12.1. The van der Waals surface area contributed by atoms with Gasteiger partial charge in [0.15, 0.2) is 18.2 Å². The van der Waals surface area contributed by atoms with Crippen LogP contribution in [-0.2, 0) is 17.6 Å². The van der Waals surface area contributed by atoms with Crippen LogP contribution in [0, 0.1) is 11.6 Å². The Kier molecular flexibility index (Phi) is 5.83. The molecule has 0 saturated heterocycles. The van der Waals surface area contributed by atoms with Gasteiger partial charge in [0.05, 0.1) is 5.01 Å². The molecule has 1 aromatic carbocycles. The van der Waals surface area contributed by atoms with Gasteiger partial charge in [0.25, 0.3) is 5.91 Å². The van der Waals surface area contributed by atoms with E-state index in [0.717, 1.165) is 23.6 Å². The Bertz CT molecular complexity index is 646. The summed E-state index contributed by atoms with van der Waals surface area (Å²) < 4.78 is 31.0. The van der Waals surface area contributed by atoms with E-state index < -0.39 is 11.6 Å². The van der Waals surface area contributed by atoms with E-state index in [1.54, 1.807) is 11.3 Å². The molecule has 7 heteroatoms. The van der Waals surface area contributed by atoms with E-state index in [9.17, 15) is 13.6 Å². The number of nitrogens with one attached hydrogen (secondary N) is 1. The fourth-order valence-electron chi connectivity index (χ4n) is 1.72. The van der Waals surface area contributed by atoms with E-state index in [0.29, 0.717) is 19.0 Å². The van der Waals surface area contributed by atoms with Gasteiger partial charge in [0, 0.05) is 30.1 Å². The molecule has 1 aromatic heterocycles. The van der Waals surface area contributed by atoms with E-state index in [1.807, 2.05) is 6.20 Å². The normalized spacial score (nSPS) is 10.5. The number of halogens is 2. The van der Waals surface area contributed by atoms with Crippen LogP contribution in [0.15, 0.2) is 24.4 Å². The van der Waals surface area contributed by atoms with E-state index in [4.69, 9.17) is 4.74 Å². The second-order valence-electron chi connectivity index (χ2n) is 4.54. The molecule has 2 rings (SSSR count). The summed E-state index contributed by atoms with van der Waals surface area (Å²) in [6.45, 7) is 2.18. The summed E-state index contributed by atoms with van der Waals surface area (Å²) in [5, 5.41) is 3.63. The van der Waals surface area contributed by atoms with Crippen LogP contribution >= 0.6 is 11.3 Å². The average Bonchev–Trinajstić information content (AvgIpc) is 2.94. The molecule has 22 heavy (non-hydrogen) atoms.